The van der Waals surface area contributed by atoms with Crippen LogP contribution in [0.25, 0.3) is 0 Å². The Hall–Kier alpha value is -1.55. The van der Waals surface area contributed by atoms with Crippen molar-refractivity contribution in [2.75, 3.05) is 13.7 Å². The van der Waals surface area contributed by atoms with Crippen LogP contribution in [0.4, 0.5) is 0 Å². The van der Waals surface area contributed by atoms with Gasteiger partial charge in [-0.25, -0.2) is 0 Å². The Bertz CT molecular complexity index is 641. The molecule has 2 aliphatic carbocycles. The number of piperidine rings is 1. The summed E-state index contributed by atoms with van der Waals surface area (Å²) in [5.41, 5.74) is 1.97. The maximum absolute atomic E-state index is 12.5. The summed E-state index contributed by atoms with van der Waals surface area (Å²) >= 11 is 0. The molecule has 2 fully saturated rings. The van der Waals surface area contributed by atoms with Crippen LogP contribution in [0.1, 0.15) is 37.3 Å². The van der Waals surface area contributed by atoms with Gasteiger partial charge in [-0.15, -0.1) is 0 Å². The minimum absolute atomic E-state index is 0.134. The molecule has 4 heteroatoms. The van der Waals surface area contributed by atoms with Crippen molar-refractivity contribution in [3.8, 4) is 11.5 Å². The number of rotatable bonds is 1. The molecule has 3 aliphatic rings. The van der Waals surface area contributed by atoms with Crippen LogP contribution >= 0.6 is 0 Å². The average molecular weight is 301 g/mol. The number of aromatic hydroxyl groups is 1. The molecule has 4 atom stereocenters. The lowest BCUT2D eigenvalue weighted by atomic mass is 9.51. The first-order chi connectivity index (χ1) is 10.6. The molecule has 1 saturated heterocycles. The average Bonchev–Trinajstić information content (AvgIpc) is 2.48. The van der Waals surface area contributed by atoms with Crippen LogP contribution in [0.15, 0.2) is 12.1 Å². The normalized spacial score (nSPS) is 36.5. The van der Waals surface area contributed by atoms with Gasteiger partial charge in [0.1, 0.15) is 5.78 Å². The number of ketones is 1. The molecule has 1 heterocycles. The second-order valence-electron chi connectivity index (χ2n) is 7.21. The summed E-state index contributed by atoms with van der Waals surface area (Å²) in [4.78, 5) is 12.5. The maximum Gasteiger partial charge on any atom is 0.161 e. The van der Waals surface area contributed by atoms with Gasteiger partial charge in [0.15, 0.2) is 11.5 Å². The maximum atomic E-state index is 12.5. The lowest BCUT2D eigenvalue weighted by molar-refractivity contribution is -0.129. The summed E-state index contributed by atoms with van der Waals surface area (Å²) in [5, 5.41) is 14.4. The number of ether oxygens (including phenoxy) is 1. The van der Waals surface area contributed by atoms with E-state index in [4.69, 9.17) is 4.74 Å². The summed E-state index contributed by atoms with van der Waals surface area (Å²) in [7, 11) is 1.58. The highest BCUT2D eigenvalue weighted by atomic mass is 16.5. The number of carbonyl (C=O) groups is 1. The third-order valence-corrected chi connectivity index (χ3v) is 6.20. The van der Waals surface area contributed by atoms with Crippen LogP contribution in [-0.2, 0) is 16.6 Å². The zero-order chi connectivity index (χ0) is 15.5. The van der Waals surface area contributed by atoms with Crippen LogP contribution in [-0.4, -0.2) is 30.6 Å². The quantitative estimate of drug-likeness (QED) is 0.834. The van der Waals surface area contributed by atoms with Gasteiger partial charge < -0.3 is 15.2 Å². The Morgan fingerprint density at radius 2 is 2.23 bits per heavy atom. The highest BCUT2D eigenvalue weighted by Gasteiger charge is 2.56. The smallest absolute Gasteiger partial charge is 0.161 e. The Morgan fingerprint density at radius 3 is 3.00 bits per heavy atom. The van der Waals surface area contributed by atoms with E-state index in [2.05, 4.69) is 11.4 Å². The van der Waals surface area contributed by atoms with Crippen molar-refractivity contribution >= 4 is 5.78 Å². The van der Waals surface area contributed by atoms with E-state index < -0.39 is 0 Å². The van der Waals surface area contributed by atoms with Gasteiger partial charge in [0.05, 0.1) is 7.11 Å². The van der Waals surface area contributed by atoms with E-state index in [9.17, 15) is 9.90 Å². The molecule has 22 heavy (non-hydrogen) atoms. The van der Waals surface area contributed by atoms with Crippen molar-refractivity contribution in [2.45, 2.75) is 44.1 Å². The van der Waals surface area contributed by atoms with Gasteiger partial charge in [-0.1, -0.05) is 13.0 Å². The molecule has 1 aromatic carbocycles. The molecule has 4 nitrogen and oxygen atoms in total. The molecule has 2 bridgehead atoms. The summed E-state index contributed by atoms with van der Waals surface area (Å²) < 4.78 is 5.32. The molecule has 0 spiro atoms. The number of nitrogens with one attached hydrogen (secondary N) is 1. The van der Waals surface area contributed by atoms with Crippen molar-refractivity contribution in [1.29, 1.82) is 0 Å². The van der Waals surface area contributed by atoms with Crippen LogP contribution in [0.3, 0.4) is 0 Å². The van der Waals surface area contributed by atoms with Crippen molar-refractivity contribution in [3.63, 3.8) is 0 Å². The number of methoxy groups -OCH3 is 1. The predicted molar refractivity (Wildman–Crippen MR) is 83.3 cm³/mol. The lowest BCUT2D eigenvalue weighted by Gasteiger charge is -2.56. The molecule has 0 aromatic heterocycles. The van der Waals surface area contributed by atoms with Gasteiger partial charge in [-0.05, 0) is 43.4 Å². The molecule has 1 aromatic rings. The molecule has 118 valence electrons. The monoisotopic (exact) mass is 301 g/mol. The van der Waals surface area contributed by atoms with E-state index in [0.29, 0.717) is 29.9 Å². The Kier molecular flexibility index (Phi) is 3.02. The zero-order valence-electron chi connectivity index (χ0n) is 13.2. The van der Waals surface area contributed by atoms with E-state index in [-0.39, 0.29) is 17.1 Å². The van der Waals surface area contributed by atoms with E-state index in [1.165, 1.54) is 5.56 Å². The van der Waals surface area contributed by atoms with E-state index in [0.717, 1.165) is 31.4 Å². The first kappa shape index (κ1) is 14.1. The van der Waals surface area contributed by atoms with E-state index in [1.54, 1.807) is 7.11 Å². The summed E-state index contributed by atoms with van der Waals surface area (Å²) in [6, 6.07) is 4.33. The molecule has 4 rings (SSSR count). The minimum Gasteiger partial charge on any atom is -0.504 e. The van der Waals surface area contributed by atoms with Crippen molar-refractivity contribution in [1.82, 2.24) is 5.32 Å². The number of fused-ring (bicyclic) bond motifs is 1. The summed E-state index contributed by atoms with van der Waals surface area (Å²) in [6.45, 7) is 2.96. The largest absolute Gasteiger partial charge is 0.504 e. The highest BCUT2D eigenvalue weighted by molar-refractivity contribution is 5.84. The minimum atomic E-state index is -0.203. The van der Waals surface area contributed by atoms with Gasteiger partial charge in [0.2, 0.25) is 0 Å². The molecule has 2 N–H and O–H groups in total. The first-order valence-electron chi connectivity index (χ1n) is 8.22. The first-order valence-corrected chi connectivity index (χ1v) is 8.22. The van der Waals surface area contributed by atoms with Crippen LogP contribution in [0.5, 0.6) is 11.5 Å². The van der Waals surface area contributed by atoms with Gasteiger partial charge >= 0.3 is 0 Å². The SMILES string of the molecule is COc1ccc2c(c1O)[C@]13CCN[C@H](C2)[C@@H]1CC(C)C(=O)C3. The number of carbonyl (C=O) groups excluding carboxylic acids is 1. The number of benzene rings is 1. The highest BCUT2D eigenvalue weighted by Crippen LogP contribution is 2.57. The summed E-state index contributed by atoms with van der Waals surface area (Å²) in [6.07, 6.45) is 3.33. The number of hydrogen-bond acceptors (Lipinski definition) is 4. The number of hydrogen-bond donors (Lipinski definition) is 2. The van der Waals surface area contributed by atoms with Crippen LogP contribution in [0.2, 0.25) is 0 Å². The Labute approximate surface area is 130 Å². The second-order valence-corrected chi connectivity index (χ2v) is 7.21. The zero-order valence-corrected chi connectivity index (χ0v) is 13.2. The Balaban J connectivity index is 1.93. The van der Waals surface area contributed by atoms with E-state index >= 15 is 0 Å². The fraction of sp³-hybridized carbons (Fsp3) is 0.611. The number of Topliss-reactive ketones (excluding diaryl/α,β-unsaturated/α-hetero) is 1. The van der Waals surface area contributed by atoms with Crippen molar-refractivity contribution in [2.24, 2.45) is 11.8 Å². The fourth-order valence-corrected chi connectivity index (χ4v) is 5.15. The molecular weight excluding hydrogens is 278 g/mol. The number of phenolic OH excluding ortho intramolecular Hbond substituents is 1. The van der Waals surface area contributed by atoms with Crippen LogP contribution < -0.4 is 10.1 Å². The topological polar surface area (TPSA) is 58.6 Å². The fourth-order valence-electron chi connectivity index (χ4n) is 5.15. The second kappa shape index (κ2) is 4.72. The van der Waals surface area contributed by atoms with Crippen LogP contribution in [0, 0.1) is 11.8 Å². The number of phenols is 1. The van der Waals surface area contributed by atoms with Gasteiger partial charge in [0.25, 0.3) is 0 Å². The Morgan fingerprint density at radius 1 is 1.41 bits per heavy atom. The molecular formula is C18H23NO3. The van der Waals surface area contributed by atoms with Crippen molar-refractivity contribution < 1.29 is 14.6 Å². The predicted octanol–water partition coefficient (Wildman–Crippen LogP) is 2.17. The van der Waals surface area contributed by atoms with E-state index in [1.807, 2.05) is 13.0 Å². The molecule has 0 radical (unpaired) electrons. The third kappa shape index (κ3) is 1.70. The van der Waals surface area contributed by atoms with Gasteiger partial charge in [0, 0.05) is 29.4 Å². The van der Waals surface area contributed by atoms with Crippen molar-refractivity contribution in [3.05, 3.63) is 23.3 Å². The summed E-state index contributed by atoms with van der Waals surface area (Å²) in [5.74, 6) is 1.68. The molecule has 1 saturated carbocycles. The van der Waals surface area contributed by atoms with Gasteiger partial charge in [-0.3, -0.25) is 4.79 Å². The molecule has 1 unspecified atom stereocenters. The van der Waals surface area contributed by atoms with Gasteiger partial charge in [-0.2, -0.15) is 0 Å². The molecule has 1 aliphatic heterocycles. The lowest BCUT2D eigenvalue weighted by Crippen LogP contribution is -2.61. The standard InChI is InChI=1S/C18H23NO3/c1-10-7-12-13-8-11-3-4-15(22-2)17(21)16(11)18(12,5-6-19-13)9-14(10)20/h3-4,10,12-13,19,21H,5-9H2,1-2H3/t10?,12-,13+,18-/m0/s1. The molecule has 0 amide bonds. The third-order valence-electron chi connectivity index (χ3n) is 6.20.